The van der Waals surface area contributed by atoms with Crippen molar-refractivity contribution in [1.82, 2.24) is 4.90 Å². The lowest BCUT2D eigenvalue weighted by Crippen LogP contribution is -2.51. The van der Waals surface area contributed by atoms with Crippen LogP contribution in [-0.4, -0.2) is 44.0 Å². The third kappa shape index (κ3) is 2.84. The van der Waals surface area contributed by atoms with Crippen LogP contribution in [0.5, 0.6) is 11.5 Å². The lowest BCUT2D eigenvalue weighted by Gasteiger charge is -2.46. The molecule has 4 heteroatoms. The van der Waals surface area contributed by atoms with Crippen LogP contribution < -0.4 is 9.47 Å². The fraction of sp³-hybridized carbons (Fsp3) is 0.611. The van der Waals surface area contributed by atoms with Crippen LogP contribution in [0, 0.1) is 5.92 Å². The summed E-state index contributed by atoms with van der Waals surface area (Å²) in [6.45, 7) is 0. The fourth-order valence-electron chi connectivity index (χ4n) is 4.02. The summed E-state index contributed by atoms with van der Waals surface area (Å²) in [5, 5.41) is 0. The Hall–Kier alpha value is -1.55. The van der Waals surface area contributed by atoms with Gasteiger partial charge in [-0.05, 0) is 44.9 Å². The predicted octanol–water partition coefficient (Wildman–Crippen LogP) is 3.15. The van der Waals surface area contributed by atoms with Gasteiger partial charge < -0.3 is 14.4 Å². The Bertz CT molecular complexity index is 521. The van der Waals surface area contributed by atoms with Gasteiger partial charge in [0.05, 0.1) is 14.2 Å². The van der Waals surface area contributed by atoms with Gasteiger partial charge >= 0.3 is 0 Å². The Kier molecular flexibility index (Phi) is 4.39. The molecule has 2 fully saturated rings. The van der Waals surface area contributed by atoms with Crippen molar-refractivity contribution >= 4 is 5.78 Å². The van der Waals surface area contributed by atoms with Gasteiger partial charge in [-0.15, -0.1) is 0 Å². The summed E-state index contributed by atoms with van der Waals surface area (Å²) in [5.41, 5.74) is 0.712. The predicted molar refractivity (Wildman–Crippen MR) is 85.8 cm³/mol. The maximum atomic E-state index is 12.9. The minimum atomic E-state index is 0.128. The van der Waals surface area contributed by atoms with Crippen molar-refractivity contribution in [3.05, 3.63) is 23.8 Å². The number of methoxy groups -OCH3 is 2. The molecule has 0 saturated carbocycles. The summed E-state index contributed by atoms with van der Waals surface area (Å²) in [6.07, 6.45) is 5.70. The number of piperidine rings is 2. The highest BCUT2D eigenvalue weighted by Gasteiger charge is 2.38. The van der Waals surface area contributed by atoms with Gasteiger partial charge in [-0.2, -0.15) is 0 Å². The Labute approximate surface area is 132 Å². The number of nitrogens with zero attached hydrogens (tertiary/aromatic N) is 1. The molecule has 2 atom stereocenters. The van der Waals surface area contributed by atoms with E-state index in [2.05, 4.69) is 11.9 Å². The van der Waals surface area contributed by atoms with Crippen LogP contribution in [-0.2, 0) is 0 Å². The SMILES string of the molecule is COc1cc(OC)cc(C(=O)C2CC3CCCC(C2)N3C)c1. The van der Waals surface area contributed by atoms with E-state index in [1.54, 1.807) is 20.3 Å². The van der Waals surface area contributed by atoms with E-state index < -0.39 is 0 Å². The third-order valence-corrected chi connectivity index (χ3v) is 5.35. The van der Waals surface area contributed by atoms with Crippen molar-refractivity contribution in [3.63, 3.8) is 0 Å². The largest absolute Gasteiger partial charge is 0.497 e. The van der Waals surface area contributed by atoms with Crippen molar-refractivity contribution in [2.24, 2.45) is 5.92 Å². The fourth-order valence-corrected chi connectivity index (χ4v) is 4.02. The van der Waals surface area contributed by atoms with Gasteiger partial charge in [0, 0.05) is 29.6 Å². The maximum absolute atomic E-state index is 12.9. The number of fused-ring (bicyclic) bond motifs is 2. The molecule has 2 bridgehead atoms. The van der Waals surface area contributed by atoms with E-state index in [0.717, 1.165) is 12.8 Å². The molecule has 2 heterocycles. The van der Waals surface area contributed by atoms with E-state index in [-0.39, 0.29) is 11.7 Å². The molecule has 2 unspecified atom stereocenters. The summed E-state index contributed by atoms with van der Waals surface area (Å²) < 4.78 is 10.6. The molecule has 3 rings (SSSR count). The number of ether oxygens (including phenoxy) is 2. The zero-order chi connectivity index (χ0) is 15.7. The molecule has 0 N–H and O–H groups in total. The first-order valence-corrected chi connectivity index (χ1v) is 8.11. The Balaban J connectivity index is 1.82. The number of hydrogen-bond donors (Lipinski definition) is 0. The average molecular weight is 303 g/mol. The Morgan fingerprint density at radius 3 is 2.09 bits per heavy atom. The van der Waals surface area contributed by atoms with E-state index in [0.29, 0.717) is 29.1 Å². The van der Waals surface area contributed by atoms with E-state index in [1.807, 2.05) is 12.1 Å². The van der Waals surface area contributed by atoms with Crippen molar-refractivity contribution in [2.75, 3.05) is 21.3 Å². The van der Waals surface area contributed by atoms with Gasteiger partial charge in [-0.3, -0.25) is 4.79 Å². The van der Waals surface area contributed by atoms with Crippen LogP contribution in [0.2, 0.25) is 0 Å². The number of hydrogen-bond acceptors (Lipinski definition) is 4. The second-order valence-electron chi connectivity index (χ2n) is 6.54. The van der Waals surface area contributed by atoms with Crippen LogP contribution in [0.25, 0.3) is 0 Å². The average Bonchev–Trinajstić information content (AvgIpc) is 2.53. The van der Waals surface area contributed by atoms with Gasteiger partial charge in [-0.25, -0.2) is 0 Å². The second kappa shape index (κ2) is 6.29. The molecule has 0 aliphatic carbocycles. The summed E-state index contributed by atoms with van der Waals surface area (Å²) in [7, 11) is 5.44. The molecule has 0 amide bonds. The summed E-state index contributed by atoms with van der Waals surface area (Å²) >= 11 is 0. The van der Waals surface area contributed by atoms with E-state index >= 15 is 0 Å². The van der Waals surface area contributed by atoms with Crippen molar-refractivity contribution < 1.29 is 14.3 Å². The van der Waals surface area contributed by atoms with Crippen LogP contribution in [0.4, 0.5) is 0 Å². The van der Waals surface area contributed by atoms with Gasteiger partial charge in [0.15, 0.2) is 5.78 Å². The molecular weight excluding hydrogens is 278 g/mol. The van der Waals surface area contributed by atoms with Crippen LogP contribution in [0.3, 0.4) is 0 Å². The summed E-state index contributed by atoms with van der Waals surface area (Å²) in [5.74, 6) is 1.72. The smallest absolute Gasteiger partial charge is 0.166 e. The number of rotatable bonds is 4. The number of Topliss-reactive ketones (excluding diaryl/α,β-unsaturated/α-hetero) is 1. The molecule has 0 aromatic heterocycles. The van der Waals surface area contributed by atoms with Crippen LogP contribution in [0.1, 0.15) is 42.5 Å². The highest BCUT2D eigenvalue weighted by Crippen LogP contribution is 2.37. The van der Waals surface area contributed by atoms with Crippen LogP contribution in [0.15, 0.2) is 18.2 Å². The topological polar surface area (TPSA) is 38.8 Å². The highest BCUT2D eigenvalue weighted by atomic mass is 16.5. The monoisotopic (exact) mass is 303 g/mol. The molecule has 2 saturated heterocycles. The van der Waals surface area contributed by atoms with Crippen molar-refractivity contribution in [2.45, 2.75) is 44.2 Å². The number of carbonyl (C=O) groups is 1. The molecule has 120 valence electrons. The molecule has 1 aromatic rings. The normalized spacial score (nSPS) is 28.2. The molecule has 4 nitrogen and oxygen atoms in total. The summed E-state index contributed by atoms with van der Waals surface area (Å²) in [6, 6.07) is 6.60. The quantitative estimate of drug-likeness (QED) is 0.801. The molecule has 22 heavy (non-hydrogen) atoms. The molecule has 1 aromatic carbocycles. The zero-order valence-electron chi connectivity index (χ0n) is 13.7. The standard InChI is InChI=1S/C18H25NO3/c1-19-14-5-4-6-15(19)8-12(7-14)18(20)13-9-16(21-2)11-17(10-13)22-3/h9-12,14-15H,4-8H2,1-3H3. The maximum Gasteiger partial charge on any atom is 0.166 e. The second-order valence-corrected chi connectivity index (χ2v) is 6.54. The van der Waals surface area contributed by atoms with Crippen molar-refractivity contribution in [3.8, 4) is 11.5 Å². The van der Waals surface area contributed by atoms with E-state index in [1.165, 1.54) is 19.3 Å². The zero-order valence-corrected chi connectivity index (χ0v) is 13.7. The molecule has 0 spiro atoms. The first-order chi connectivity index (χ1) is 10.6. The number of ketones is 1. The molecule has 2 aliphatic rings. The highest BCUT2D eigenvalue weighted by molar-refractivity contribution is 5.98. The minimum absolute atomic E-state index is 0.128. The Morgan fingerprint density at radius 1 is 1.05 bits per heavy atom. The lowest BCUT2D eigenvalue weighted by molar-refractivity contribution is 0.0338. The lowest BCUT2D eigenvalue weighted by atomic mass is 9.76. The van der Waals surface area contributed by atoms with Gasteiger partial charge in [0.25, 0.3) is 0 Å². The first kappa shape index (κ1) is 15.3. The first-order valence-electron chi connectivity index (χ1n) is 8.11. The summed E-state index contributed by atoms with van der Waals surface area (Å²) in [4.78, 5) is 15.4. The minimum Gasteiger partial charge on any atom is -0.497 e. The number of carbonyl (C=O) groups excluding carboxylic acids is 1. The third-order valence-electron chi connectivity index (χ3n) is 5.35. The van der Waals surface area contributed by atoms with E-state index in [9.17, 15) is 4.79 Å². The molecular formula is C18H25NO3. The Morgan fingerprint density at radius 2 is 1.59 bits per heavy atom. The number of benzene rings is 1. The molecule has 2 aliphatic heterocycles. The van der Waals surface area contributed by atoms with Crippen LogP contribution >= 0.6 is 0 Å². The van der Waals surface area contributed by atoms with E-state index in [4.69, 9.17) is 9.47 Å². The van der Waals surface area contributed by atoms with Gasteiger partial charge in [0.2, 0.25) is 0 Å². The molecule has 0 radical (unpaired) electrons. The van der Waals surface area contributed by atoms with Gasteiger partial charge in [0.1, 0.15) is 11.5 Å². The van der Waals surface area contributed by atoms with Crippen molar-refractivity contribution in [1.29, 1.82) is 0 Å². The van der Waals surface area contributed by atoms with Gasteiger partial charge in [-0.1, -0.05) is 6.42 Å².